The van der Waals surface area contributed by atoms with Gasteiger partial charge >= 0.3 is 0 Å². The van der Waals surface area contributed by atoms with Gasteiger partial charge in [0, 0.05) is 5.56 Å². The zero-order valence-corrected chi connectivity index (χ0v) is 12.8. The van der Waals surface area contributed by atoms with Gasteiger partial charge in [-0.15, -0.1) is 0 Å². The number of hydrogen-bond acceptors (Lipinski definition) is 1. The van der Waals surface area contributed by atoms with Gasteiger partial charge in [0.1, 0.15) is 5.75 Å². The molecule has 102 valence electrons. The number of aryl methyl sites for hydroxylation is 1. The van der Waals surface area contributed by atoms with Gasteiger partial charge in [-0.1, -0.05) is 60.1 Å². The normalized spacial score (nSPS) is 13.7. The van der Waals surface area contributed by atoms with E-state index in [0.717, 1.165) is 30.4 Å². The van der Waals surface area contributed by atoms with Crippen LogP contribution < -0.4 is 0 Å². The summed E-state index contributed by atoms with van der Waals surface area (Å²) in [6.45, 7) is 13.1. The molecule has 0 aliphatic carbocycles. The molecule has 0 radical (unpaired) electrons. The maximum absolute atomic E-state index is 10.6. The molecule has 0 aliphatic rings. The van der Waals surface area contributed by atoms with E-state index in [2.05, 4.69) is 53.7 Å². The van der Waals surface area contributed by atoms with Gasteiger partial charge in [0.05, 0.1) is 0 Å². The molecule has 1 nitrogen and oxygen atoms in total. The summed E-state index contributed by atoms with van der Waals surface area (Å²) in [5, 5.41) is 10.6. The Morgan fingerprint density at radius 1 is 1.17 bits per heavy atom. The fourth-order valence-electron chi connectivity index (χ4n) is 2.77. The first-order valence-electron chi connectivity index (χ1n) is 7.18. The molecular weight excluding hydrogens is 220 g/mol. The highest BCUT2D eigenvalue weighted by Crippen LogP contribution is 2.40. The maximum atomic E-state index is 10.6. The zero-order chi connectivity index (χ0) is 13.9. The number of phenolic OH excluding ortho intramolecular Hbond substituents is 1. The Morgan fingerprint density at radius 3 is 2.22 bits per heavy atom. The monoisotopic (exact) mass is 248 g/mol. The molecule has 18 heavy (non-hydrogen) atoms. The van der Waals surface area contributed by atoms with Crippen molar-refractivity contribution in [2.24, 2.45) is 0 Å². The lowest BCUT2D eigenvalue weighted by Crippen LogP contribution is -2.15. The molecule has 0 amide bonds. The Hall–Kier alpha value is -0.980. The molecule has 1 aromatic carbocycles. The Balaban J connectivity index is 3.34. The average Bonchev–Trinajstić information content (AvgIpc) is 2.26. The van der Waals surface area contributed by atoms with E-state index in [1.165, 1.54) is 5.56 Å². The first-order chi connectivity index (χ1) is 8.32. The minimum atomic E-state index is -0.00261. The van der Waals surface area contributed by atoms with E-state index in [0.29, 0.717) is 11.7 Å². The van der Waals surface area contributed by atoms with E-state index in [9.17, 15) is 5.11 Å². The molecule has 0 saturated carbocycles. The zero-order valence-electron chi connectivity index (χ0n) is 12.8. The van der Waals surface area contributed by atoms with Crippen molar-refractivity contribution in [1.29, 1.82) is 0 Å². The summed E-state index contributed by atoms with van der Waals surface area (Å²) < 4.78 is 0. The van der Waals surface area contributed by atoms with E-state index in [1.54, 1.807) is 0 Å². The molecule has 1 rings (SSSR count). The second-order valence-corrected chi connectivity index (χ2v) is 6.33. The van der Waals surface area contributed by atoms with Crippen LogP contribution in [-0.2, 0) is 11.8 Å². The van der Waals surface area contributed by atoms with Crippen LogP contribution in [0, 0.1) is 0 Å². The third-order valence-corrected chi connectivity index (χ3v) is 3.68. The largest absolute Gasteiger partial charge is 0.507 e. The van der Waals surface area contributed by atoms with Crippen LogP contribution in [0.15, 0.2) is 12.1 Å². The molecule has 1 unspecified atom stereocenters. The van der Waals surface area contributed by atoms with Crippen molar-refractivity contribution >= 4 is 0 Å². The van der Waals surface area contributed by atoms with Crippen LogP contribution in [0.3, 0.4) is 0 Å². The fourth-order valence-corrected chi connectivity index (χ4v) is 2.77. The molecule has 0 fully saturated rings. The minimum absolute atomic E-state index is 0.00261. The number of aromatic hydroxyl groups is 1. The third-order valence-electron chi connectivity index (χ3n) is 3.68. The van der Waals surface area contributed by atoms with E-state index in [1.807, 2.05) is 0 Å². The molecule has 1 aromatic rings. The Bertz CT molecular complexity index is 399. The standard InChI is InChI=1S/C17H28O/c1-7-9-12(3)14-11-10-13(8-2)15(16(14)18)17(4,5)6/h10-12,18H,7-9H2,1-6H3. The summed E-state index contributed by atoms with van der Waals surface area (Å²) >= 11 is 0. The van der Waals surface area contributed by atoms with Gasteiger partial charge in [-0.3, -0.25) is 0 Å². The fraction of sp³-hybridized carbons (Fsp3) is 0.647. The molecule has 0 spiro atoms. The molecule has 0 bridgehead atoms. The topological polar surface area (TPSA) is 20.2 Å². The first-order valence-corrected chi connectivity index (χ1v) is 7.18. The maximum Gasteiger partial charge on any atom is 0.123 e. The van der Waals surface area contributed by atoms with E-state index >= 15 is 0 Å². The van der Waals surface area contributed by atoms with Crippen molar-refractivity contribution in [2.75, 3.05) is 0 Å². The van der Waals surface area contributed by atoms with Crippen molar-refractivity contribution in [2.45, 2.75) is 72.1 Å². The summed E-state index contributed by atoms with van der Waals surface area (Å²) in [6, 6.07) is 4.31. The van der Waals surface area contributed by atoms with Crippen LogP contribution in [0.2, 0.25) is 0 Å². The first kappa shape index (κ1) is 15.1. The highest BCUT2D eigenvalue weighted by Gasteiger charge is 2.24. The highest BCUT2D eigenvalue weighted by molar-refractivity contribution is 5.50. The lowest BCUT2D eigenvalue weighted by molar-refractivity contribution is 0.431. The number of hydrogen-bond donors (Lipinski definition) is 1. The lowest BCUT2D eigenvalue weighted by atomic mass is 9.79. The summed E-state index contributed by atoms with van der Waals surface area (Å²) in [4.78, 5) is 0. The summed E-state index contributed by atoms with van der Waals surface area (Å²) in [7, 11) is 0. The van der Waals surface area contributed by atoms with Crippen LogP contribution >= 0.6 is 0 Å². The van der Waals surface area contributed by atoms with Gasteiger partial charge in [-0.2, -0.15) is 0 Å². The van der Waals surface area contributed by atoms with Crippen LogP contribution in [-0.4, -0.2) is 5.11 Å². The van der Waals surface area contributed by atoms with E-state index in [-0.39, 0.29) is 5.41 Å². The van der Waals surface area contributed by atoms with Gasteiger partial charge in [0.25, 0.3) is 0 Å². The van der Waals surface area contributed by atoms with Gasteiger partial charge < -0.3 is 5.11 Å². The molecule has 1 N–H and O–H groups in total. The quantitative estimate of drug-likeness (QED) is 0.780. The molecule has 0 aliphatic heterocycles. The molecule has 0 heterocycles. The SMILES string of the molecule is CCCC(C)c1ccc(CC)c(C(C)(C)C)c1O. The van der Waals surface area contributed by atoms with Crippen molar-refractivity contribution in [1.82, 2.24) is 0 Å². The molecular formula is C17H28O. The summed E-state index contributed by atoms with van der Waals surface area (Å²) in [6.07, 6.45) is 3.26. The summed E-state index contributed by atoms with van der Waals surface area (Å²) in [5.74, 6) is 0.963. The predicted octanol–water partition coefficient (Wildman–Crippen LogP) is 5.16. The Morgan fingerprint density at radius 2 is 1.78 bits per heavy atom. The smallest absolute Gasteiger partial charge is 0.123 e. The van der Waals surface area contributed by atoms with Crippen molar-refractivity contribution in [3.05, 3.63) is 28.8 Å². The van der Waals surface area contributed by atoms with Crippen LogP contribution in [0.25, 0.3) is 0 Å². The lowest BCUT2D eigenvalue weighted by Gasteiger charge is -2.26. The molecule has 0 aromatic heterocycles. The number of benzene rings is 1. The van der Waals surface area contributed by atoms with Crippen LogP contribution in [0.5, 0.6) is 5.75 Å². The van der Waals surface area contributed by atoms with Crippen LogP contribution in [0.1, 0.15) is 77.0 Å². The average molecular weight is 248 g/mol. The Kier molecular flexibility index (Phi) is 4.84. The second-order valence-electron chi connectivity index (χ2n) is 6.33. The second kappa shape index (κ2) is 5.77. The third kappa shape index (κ3) is 3.07. The van der Waals surface area contributed by atoms with E-state index < -0.39 is 0 Å². The number of phenols is 1. The van der Waals surface area contributed by atoms with Gasteiger partial charge in [0.2, 0.25) is 0 Å². The van der Waals surface area contributed by atoms with Crippen molar-refractivity contribution in [3.8, 4) is 5.75 Å². The number of rotatable bonds is 4. The molecule has 1 atom stereocenters. The van der Waals surface area contributed by atoms with E-state index in [4.69, 9.17) is 0 Å². The minimum Gasteiger partial charge on any atom is -0.507 e. The van der Waals surface area contributed by atoms with Crippen molar-refractivity contribution < 1.29 is 5.11 Å². The molecule has 0 saturated heterocycles. The Labute approximate surface area is 112 Å². The highest BCUT2D eigenvalue weighted by atomic mass is 16.3. The molecule has 1 heteroatoms. The van der Waals surface area contributed by atoms with Gasteiger partial charge in [-0.25, -0.2) is 0 Å². The van der Waals surface area contributed by atoms with Crippen LogP contribution in [0.4, 0.5) is 0 Å². The van der Waals surface area contributed by atoms with Crippen molar-refractivity contribution in [3.63, 3.8) is 0 Å². The van der Waals surface area contributed by atoms with Gasteiger partial charge in [0.15, 0.2) is 0 Å². The predicted molar refractivity (Wildman–Crippen MR) is 79.5 cm³/mol. The van der Waals surface area contributed by atoms with Gasteiger partial charge in [-0.05, 0) is 35.3 Å². The summed E-state index contributed by atoms with van der Waals surface area (Å²) in [5.41, 5.74) is 3.51.